The summed E-state index contributed by atoms with van der Waals surface area (Å²) in [4.78, 5) is 10.4. The number of carbonyl (C=O) groups is 1. The highest BCUT2D eigenvalue weighted by Gasteiger charge is 2.15. The van der Waals surface area contributed by atoms with Crippen LogP contribution in [0.1, 0.15) is 25.7 Å². The van der Waals surface area contributed by atoms with Gasteiger partial charge in [-0.25, -0.2) is 13.1 Å². The highest BCUT2D eigenvalue weighted by molar-refractivity contribution is 7.89. The molecule has 1 heterocycles. The van der Waals surface area contributed by atoms with Crippen molar-refractivity contribution in [1.29, 1.82) is 5.26 Å². The first-order valence-corrected chi connectivity index (χ1v) is 7.55. The first kappa shape index (κ1) is 16.1. The van der Waals surface area contributed by atoms with Crippen LogP contribution in [0.5, 0.6) is 0 Å². The normalized spacial score (nSPS) is 11.2. The zero-order chi connectivity index (χ0) is 15.0. The van der Waals surface area contributed by atoms with Gasteiger partial charge in [0, 0.05) is 19.2 Å². The van der Waals surface area contributed by atoms with Crippen molar-refractivity contribution >= 4 is 16.0 Å². The predicted octanol–water partition coefficient (Wildman–Crippen LogP) is 0.330. The third kappa shape index (κ3) is 5.38. The third-order valence-corrected chi connectivity index (χ3v) is 3.90. The van der Waals surface area contributed by atoms with Gasteiger partial charge in [0.15, 0.2) is 0 Å². The maximum absolute atomic E-state index is 11.9. The van der Waals surface area contributed by atoms with Gasteiger partial charge < -0.3 is 5.11 Å². The van der Waals surface area contributed by atoms with Crippen molar-refractivity contribution in [2.24, 2.45) is 0 Å². The Morgan fingerprint density at radius 3 is 2.90 bits per heavy atom. The average molecular weight is 300 g/mol. The number of sulfonamides is 1. The first-order valence-electron chi connectivity index (χ1n) is 6.06. The Kier molecular flexibility index (Phi) is 6.14. The number of nitrogens with one attached hydrogen (secondary N) is 1. The number of nitriles is 1. The topological polar surface area (TPSA) is 125 Å². The maximum Gasteiger partial charge on any atom is 0.305 e. The van der Waals surface area contributed by atoms with Gasteiger partial charge in [-0.05, 0) is 12.8 Å². The molecule has 2 N–H and O–H groups in total. The fourth-order valence-electron chi connectivity index (χ4n) is 1.43. The Morgan fingerprint density at radius 1 is 1.50 bits per heavy atom. The summed E-state index contributed by atoms with van der Waals surface area (Å²) in [6, 6.07) is 1.98. The molecule has 0 fully saturated rings. The Hall–Kier alpha value is -1.92. The van der Waals surface area contributed by atoms with Crippen LogP contribution in [0.15, 0.2) is 17.3 Å². The molecule has 1 aromatic rings. The minimum absolute atomic E-state index is 0.00294. The van der Waals surface area contributed by atoms with Crippen LogP contribution in [-0.4, -0.2) is 35.8 Å². The van der Waals surface area contributed by atoms with Crippen LogP contribution in [-0.2, 0) is 21.4 Å². The molecule has 0 aromatic carbocycles. The minimum atomic E-state index is -3.63. The van der Waals surface area contributed by atoms with Gasteiger partial charge in [-0.2, -0.15) is 10.4 Å². The number of aliphatic carboxylic acids is 1. The van der Waals surface area contributed by atoms with Gasteiger partial charge in [-0.1, -0.05) is 0 Å². The van der Waals surface area contributed by atoms with E-state index >= 15 is 0 Å². The number of rotatable bonds is 9. The number of aromatic nitrogens is 2. The van der Waals surface area contributed by atoms with E-state index in [1.807, 2.05) is 6.07 Å². The van der Waals surface area contributed by atoms with Gasteiger partial charge in [0.05, 0.1) is 25.2 Å². The lowest BCUT2D eigenvalue weighted by atomic mass is 10.2. The third-order valence-electron chi connectivity index (χ3n) is 2.48. The van der Waals surface area contributed by atoms with Crippen molar-refractivity contribution in [1.82, 2.24) is 14.5 Å². The summed E-state index contributed by atoms with van der Waals surface area (Å²) in [6.45, 7) is 0.372. The Balaban J connectivity index is 2.51. The smallest absolute Gasteiger partial charge is 0.305 e. The molecular weight excluding hydrogens is 284 g/mol. The number of nitrogens with zero attached hydrogens (tertiary/aromatic N) is 3. The van der Waals surface area contributed by atoms with E-state index in [9.17, 15) is 13.2 Å². The Morgan fingerprint density at radius 2 is 2.25 bits per heavy atom. The molecule has 110 valence electrons. The number of carboxylic acid groups (broad SMARTS) is 1. The van der Waals surface area contributed by atoms with Crippen molar-refractivity contribution in [3.8, 4) is 6.07 Å². The van der Waals surface area contributed by atoms with Gasteiger partial charge in [-0.3, -0.25) is 9.48 Å². The Labute approximate surface area is 117 Å². The number of aryl methyl sites for hydroxylation is 1. The molecule has 0 atom stereocenters. The highest BCUT2D eigenvalue weighted by Crippen LogP contribution is 2.07. The first-order chi connectivity index (χ1) is 9.45. The molecule has 0 bridgehead atoms. The molecule has 0 amide bonds. The molecule has 8 nitrogen and oxygen atoms in total. The van der Waals surface area contributed by atoms with Crippen molar-refractivity contribution in [3.63, 3.8) is 0 Å². The molecule has 0 unspecified atom stereocenters. The van der Waals surface area contributed by atoms with E-state index in [-0.39, 0.29) is 24.4 Å². The second-order valence-corrected chi connectivity index (χ2v) is 5.86. The van der Waals surface area contributed by atoms with Crippen LogP contribution in [0.25, 0.3) is 0 Å². The maximum atomic E-state index is 11.9. The lowest BCUT2D eigenvalue weighted by molar-refractivity contribution is -0.137. The number of unbranched alkanes of at least 4 members (excludes halogenated alkanes) is 2. The Bertz CT molecular complexity index is 588. The molecule has 20 heavy (non-hydrogen) atoms. The van der Waals surface area contributed by atoms with E-state index in [0.717, 1.165) is 0 Å². The lowest BCUT2D eigenvalue weighted by Gasteiger charge is -2.03. The summed E-state index contributed by atoms with van der Waals surface area (Å²) in [5, 5.41) is 20.7. The van der Waals surface area contributed by atoms with Gasteiger partial charge >= 0.3 is 5.97 Å². The van der Waals surface area contributed by atoms with Crippen LogP contribution in [0.4, 0.5) is 0 Å². The SMILES string of the molecule is N#CCCCCNS(=O)(=O)c1cnn(CCC(=O)O)c1. The number of carboxylic acids is 1. The van der Waals surface area contributed by atoms with Crippen LogP contribution in [0.2, 0.25) is 0 Å². The minimum Gasteiger partial charge on any atom is -0.481 e. The van der Waals surface area contributed by atoms with Crippen LogP contribution < -0.4 is 4.72 Å². The van der Waals surface area contributed by atoms with E-state index in [1.54, 1.807) is 0 Å². The summed E-state index contributed by atoms with van der Waals surface area (Å²) in [6.07, 6.45) is 3.97. The summed E-state index contributed by atoms with van der Waals surface area (Å²) in [5.41, 5.74) is 0. The van der Waals surface area contributed by atoms with Crippen LogP contribution >= 0.6 is 0 Å². The van der Waals surface area contributed by atoms with Gasteiger partial charge in [0.2, 0.25) is 10.0 Å². The molecule has 9 heteroatoms. The van der Waals surface area contributed by atoms with Crippen molar-refractivity contribution in [2.75, 3.05) is 6.54 Å². The molecule has 0 aliphatic rings. The zero-order valence-electron chi connectivity index (χ0n) is 10.8. The molecule has 0 saturated heterocycles. The molecular formula is C11H16N4O4S. The fraction of sp³-hybridized carbons (Fsp3) is 0.545. The molecule has 1 aromatic heterocycles. The second-order valence-electron chi connectivity index (χ2n) is 4.10. The van der Waals surface area contributed by atoms with E-state index in [2.05, 4.69) is 9.82 Å². The molecule has 0 spiro atoms. The number of hydrogen-bond acceptors (Lipinski definition) is 5. The zero-order valence-corrected chi connectivity index (χ0v) is 11.6. The van der Waals surface area contributed by atoms with Gasteiger partial charge in [-0.15, -0.1) is 0 Å². The monoisotopic (exact) mass is 300 g/mol. The van der Waals surface area contributed by atoms with Gasteiger partial charge in [0.1, 0.15) is 4.90 Å². The largest absolute Gasteiger partial charge is 0.481 e. The number of hydrogen-bond donors (Lipinski definition) is 2. The van der Waals surface area contributed by atoms with Crippen molar-refractivity contribution in [3.05, 3.63) is 12.4 Å². The highest BCUT2D eigenvalue weighted by atomic mass is 32.2. The summed E-state index contributed by atoms with van der Waals surface area (Å²) in [7, 11) is -3.63. The molecule has 0 radical (unpaired) electrons. The van der Waals surface area contributed by atoms with Crippen LogP contribution in [0, 0.1) is 11.3 Å². The van der Waals surface area contributed by atoms with E-state index in [0.29, 0.717) is 19.3 Å². The standard InChI is InChI=1S/C11H16N4O4S/c12-5-2-1-3-6-14-20(18,19)10-8-13-15(9-10)7-4-11(16)17/h8-9,14H,1-4,6-7H2,(H,16,17). The average Bonchev–Trinajstić information content (AvgIpc) is 2.85. The second kappa shape index (κ2) is 7.62. The van der Waals surface area contributed by atoms with E-state index < -0.39 is 16.0 Å². The molecule has 1 rings (SSSR count). The van der Waals surface area contributed by atoms with E-state index in [4.69, 9.17) is 10.4 Å². The molecule has 0 saturated carbocycles. The predicted molar refractivity (Wildman–Crippen MR) is 69.1 cm³/mol. The quantitative estimate of drug-likeness (QED) is 0.633. The van der Waals surface area contributed by atoms with E-state index in [1.165, 1.54) is 17.1 Å². The van der Waals surface area contributed by atoms with Crippen LogP contribution in [0.3, 0.4) is 0 Å². The molecule has 0 aliphatic carbocycles. The molecule has 0 aliphatic heterocycles. The van der Waals surface area contributed by atoms with Crippen molar-refractivity contribution < 1.29 is 18.3 Å². The van der Waals surface area contributed by atoms with Gasteiger partial charge in [0.25, 0.3) is 0 Å². The fourth-order valence-corrected chi connectivity index (χ4v) is 2.46. The summed E-state index contributed by atoms with van der Waals surface area (Å²) >= 11 is 0. The summed E-state index contributed by atoms with van der Waals surface area (Å²) < 4.78 is 27.4. The summed E-state index contributed by atoms with van der Waals surface area (Å²) in [5.74, 6) is -0.972. The van der Waals surface area contributed by atoms with Crippen molar-refractivity contribution in [2.45, 2.75) is 37.1 Å². The lowest BCUT2D eigenvalue weighted by Crippen LogP contribution is -2.24.